The van der Waals surface area contributed by atoms with Crippen LogP contribution in [0.3, 0.4) is 0 Å². The lowest BCUT2D eigenvalue weighted by Gasteiger charge is -2.19. The van der Waals surface area contributed by atoms with Crippen molar-refractivity contribution in [2.24, 2.45) is 0 Å². The number of anilines is 1. The lowest BCUT2D eigenvalue weighted by molar-refractivity contribution is 0.102. The van der Waals surface area contributed by atoms with Gasteiger partial charge >= 0.3 is 0 Å². The van der Waals surface area contributed by atoms with Crippen LogP contribution in [0.25, 0.3) is 11.1 Å². The quantitative estimate of drug-likeness (QED) is 0.540. The number of hydrogen-bond donors (Lipinski definition) is 1. The number of sulfonamides is 1. The number of rotatable bonds is 7. The van der Waals surface area contributed by atoms with E-state index in [4.69, 9.17) is 11.6 Å². The molecule has 0 heterocycles. The van der Waals surface area contributed by atoms with Gasteiger partial charge in [-0.25, -0.2) is 8.42 Å². The van der Waals surface area contributed by atoms with E-state index in [-0.39, 0.29) is 15.5 Å². The molecule has 0 aliphatic heterocycles. The highest BCUT2D eigenvalue weighted by atomic mass is 35.5. The Bertz CT molecular complexity index is 1140. The number of nitrogens with zero attached hydrogens (tertiary/aromatic N) is 1. The zero-order valence-corrected chi connectivity index (χ0v) is 18.4. The Kier molecular flexibility index (Phi) is 6.92. The monoisotopic (exact) mass is 442 g/mol. The van der Waals surface area contributed by atoms with Crippen LogP contribution in [0.15, 0.2) is 77.7 Å². The second-order valence-corrected chi connectivity index (χ2v) is 8.94. The van der Waals surface area contributed by atoms with Gasteiger partial charge in [-0.1, -0.05) is 74.0 Å². The number of halogens is 1. The summed E-state index contributed by atoms with van der Waals surface area (Å²) in [7, 11) is -3.70. The molecule has 0 aliphatic carbocycles. The van der Waals surface area contributed by atoms with Crippen molar-refractivity contribution in [2.75, 3.05) is 18.4 Å². The predicted molar refractivity (Wildman–Crippen MR) is 121 cm³/mol. The fraction of sp³-hybridized carbons (Fsp3) is 0.174. The molecule has 30 heavy (non-hydrogen) atoms. The molecular weight excluding hydrogens is 420 g/mol. The van der Waals surface area contributed by atoms with Crippen molar-refractivity contribution in [1.29, 1.82) is 0 Å². The van der Waals surface area contributed by atoms with E-state index in [9.17, 15) is 13.2 Å². The van der Waals surface area contributed by atoms with Crippen LogP contribution in [0.2, 0.25) is 5.02 Å². The molecule has 3 aromatic rings. The van der Waals surface area contributed by atoms with Gasteiger partial charge in [0.05, 0.1) is 15.5 Å². The smallest absolute Gasteiger partial charge is 0.257 e. The topological polar surface area (TPSA) is 66.5 Å². The third kappa shape index (κ3) is 4.56. The molecule has 0 saturated carbocycles. The normalized spacial score (nSPS) is 11.5. The summed E-state index contributed by atoms with van der Waals surface area (Å²) in [5, 5.41) is 3.05. The number of nitrogens with one attached hydrogen (secondary N) is 1. The van der Waals surface area contributed by atoms with E-state index in [2.05, 4.69) is 5.32 Å². The Hall–Kier alpha value is -2.67. The second kappa shape index (κ2) is 9.43. The average Bonchev–Trinajstić information content (AvgIpc) is 2.75. The van der Waals surface area contributed by atoms with Gasteiger partial charge in [0.25, 0.3) is 5.91 Å². The molecule has 0 saturated heterocycles. The van der Waals surface area contributed by atoms with Gasteiger partial charge in [0, 0.05) is 24.3 Å². The molecule has 7 heteroatoms. The van der Waals surface area contributed by atoms with Gasteiger partial charge < -0.3 is 5.32 Å². The molecule has 0 radical (unpaired) electrons. The third-order valence-electron chi connectivity index (χ3n) is 4.79. The standard InChI is InChI=1S/C23H23ClN2O3S/c1-3-26(4-2)30(28,29)18-14-15-21(24)20(16-18)23(27)25-22-13-9-8-12-19(22)17-10-6-5-7-11-17/h5-16H,3-4H2,1-2H3,(H,25,27). The lowest BCUT2D eigenvalue weighted by atomic mass is 10.0. The first-order chi connectivity index (χ1) is 14.4. The molecule has 1 N–H and O–H groups in total. The summed E-state index contributed by atoms with van der Waals surface area (Å²) in [5.41, 5.74) is 2.53. The number of para-hydroxylation sites is 1. The van der Waals surface area contributed by atoms with Crippen molar-refractivity contribution in [2.45, 2.75) is 18.7 Å². The molecule has 5 nitrogen and oxygen atoms in total. The molecule has 3 rings (SSSR count). The van der Waals surface area contributed by atoms with Gasteiger partial charge in [-0.3, -0.25) is 4.79 Å². The number of benzene rings is 3. The number of carbonyl (C=O) groups excluding carboxylic acids is 1. The van der Waals surface area contributed by atoms with Gasteiger partial charge in [-0.15, -0.1) is 0 Å². The third-order valence-corrected chi connectivity index (χ3v) is 7.16. The highest BCUT2D eigenvalue weighted by Gasteiger charge is 2.24. The lowest BCUT2D eigenvalue weighted by Crippen LogP contribution is -2.30. The van der Waals surface area contributed by atoms with Crippen molar-refractivity contribution in [3.05, 3.63) is 83.4 Å². The Morgan fingerprint density at radius 2 is 1.57 bits per heavy atom. The van der Waals surface area contributed by atoms with Crippen LogP contribution in [-0.4, -0.2) is 31.7 Å². The maximum Gasteiger partial charge on any atom is 0.257 e. The molecule has 0 spiro atoms. The summed E-state index contributed by atoms with van der Waals surface area (Å²) in [6.07, 6.45) is 0. The Labute approximate surface area is 182 Å². The Balaban J connectivity index is 1.96. The summed E-state index contributed by atoms with van der Waals surface area (Å²) < 4.78 is 27.0. The number of carbonyl (C=O) groups is 1. The van der Waals surface area contributed by atoms with Gasteiger partial charge in [0.1, 0.15) is 0 Å². The van der Waals surface area contributed by atoms with Gasteiger partial charge in [-0.2, -0.15) is 4.31 Å². The average molecular weight is 443 g/mol. The fourth-order valence-electron chi connectivity index (χ4n) is 3.20. The van der Waals surface area contributed by atoms with Gasteiger partial charge in [0.2, 0.25) is 10.0 Å². The van der Waals surface area contributed by atoms with E-state index in [1.165, 1.54) is 22.5 Å². The zero-order chi connectivity index (χ0) is 21.7. The van der Waals surface area contributed by atoms with Gasteiger partial charge in [0.15, 0.2) is 0 Å². The molecule has 0 bridgehead atoms. The zero-order valence-electron chi connectivity index (χ0n) is 16.8. The van der Waals surface area contributed by atoms with Crippen LogP contribution in [0.5, 0.6) is 0 Å². The van der Waals surface area contributed by atoms with Crippen molar-refractivity contribution < 1.29 is 13.2 Å². The van der Waals surface area contributed by atoms with E-state index in [0.29, 0.717) is 18.8 Å². The maximum absolute atomic E-state index is 13.0. The van der Waals surface area contributed by atoms with E-state index in [1.807, 2.05) is 48.5 Å². The first-order valence-electron chi connectivity index (χ1n) is 9.64. The Morgan fingerprint density at radius 1 is 0.933 bits per heavy atom. The van der Waals surface area contributed by atoms with Crippen molar-refractivity contribution in [3.63, 3.8) is 0 Å². The summed E-state index contributed by atoms with van der Waals surface area (Å²) in [5.74, 6) is -0.472. The molecule has 0 atom stereocenters. The minimum atomic E-state index is -3.70. The SMILES string of the molecule is CCN(CC)S(=O)(=O)c1ccc(Cl)c(C(=O)Nc2ccccc2-c2ccccc2)c1. The highest BCUT2D eigenvalue weighted by molar-refractivity contribution is 7.89. The molecule has 156 valence electrons. The van der Waals surface area contributed by atoms with Crippen LogP contribution < -0.4 is 5.32 Å². The highest BCUT2D eigenvalue weighted by Crippen LogP contribution is 2.29. The van der Waals surface area contributed by atoms with Crippen LogP contribution in [-0.2, 0) is 10.0 Å². The summed E-state index contributed by atoms with van der Waals surface area (Å²) in [6.45, 7) is 4.22. The fourth-order valence-corrected chi connectivity index (χ4v) is 4.89. The molecule has 3 aromatic carbocycles. The molecule has 0 aliphatic rings. The molecule has 0 fully saturated rings. The van der Waals surface area contributed by atoms with E-state index >= 15 is 0 Å². The largest absolute Gasteiger partial charge is 0.321 e. The predicted octanol–water partition coefficient (Wildman–Crippen LogP) is 5.29. The second-order valence-electron chi connectivity index (χ2n) is 6.60. The minimum Gasteiger partial charge on any atom is -0.321 e. The van der Waals surface area contributed by atoms with E-state index in [1.54, 1.807) is 19.9 Å². The van der Waals surface area contributed by atoms with E-state index < -0.39 is 15.9 Å². The molecular formula is C23H23ClN2O3S. The first kappa shape index (κ1) is 22.0. The van der Waals surface area contributed by atoms with Gasteiger partial charge in [-0.05, 0) is 29.8 Å². The molecule has 1 amide bonds. The summed E-state index contributed by atoms with van der Waals surface area (Å²) in [6, 6.07) is 21.3. The van der Waals surface area contributed by atoms with Crippen LogP contribution in [0.4, 0.5) is 5.69 Å². The first-order valence-corrected chi connectivity index (χ1v) is 11.5. The molecule has 0 aromatic heterocycles. The minimum absolute atomic E-state index is 0.0390. The van der Waals surface area contributed by atoms with Crippen molar-refractivity contribution >= 4 is 33.2 Å². The summed E-state index contributed by atoms with van der Waals surface area (Å²) in [4.78, 5) is 13.0. The van der Waals surface area contributed by atoms with Crippen LogP contribution >= 0.6 is 11.6 Å². The van der Waals surface area contributed by atoms with Crippen LogP contribution in [0, 0.1) is 0 Å². The molecule has 0 unspecified atom stereocenters. The summed E-state index contributed by atoms with van der Waals surface area (Å²) >= 11 is 6.24. The number of amides is 1. The number of hydrogen-bond acceptors (Lipinski definition) is 3. The van der Waals surface area contributed by atoms with E-state index in [0.717, 1.165) is 11.1 Å². The van der Waals surface area contributed by atoms with Crippen molar-refractivity contribution in [3.8, 4) is 11.1 Å². The maximum atomic E-state index is 13.0. The Morgan fingerprint density at radius 3 is 2.23 bits per heavy atom. The van der Waals surface area contributed by atoms with Crippen molar-refractivity contribution in [1.82, 2.24) is 4.31 Å². The van der Waals surface area contributed by atoms with Crippen LogP contribution in [0.1, 0.15) is 24.2 Å².